The first-order valence-corrected chi connectivity index (χ1v) is 3.66. The number of aromatic amines is 1. The number of hydrogen-bond donors (Lipinski definition) is 2. The van der Waals surface area contributed by atoms with Crippen LogP contribution in [0.5, 0.6) is 0 Å². The molecule has 1 rings (SSSR count). The molecular formula is C4H3IN2OS. The molecule has 9 heavy (non-hydrogen) atoms. The van der Waals surface area contributed by atoms with Crippen LogP contribution in [0.4, 0.5) is 0 Å². The van der Waals surface area contributed by atoms with E-state index in [-0.39, 0.29) is 5.56 Å². The van der Waals surface area contributed by atoms with Gasteiger partial charge in [-0.25, -0.2) is 4.98 Å². The quantitative estimate of drug-likeness (QED) is 0.406. The number of halogens is 1. The fourth-order valence-electron chi connectivity index (χ4n) is 0.374. The van der Waals surface area contributed by atoms with Crippen LogP contribution in [0.2, 0.25) is 0 Å². The van der Waals surface area contributed by atoms with Crippen molar-refractivity contribution >= 4 is 35.2 Å². The van der Waals surface area contributed by atoms with Crippen molar-refractivity contribution < 1.29 is 0 Å². The molecule has 1 aromatic rings. The van der Waals surface area contributed by atoms with Crippen LogP contribution in [0.25, 0.3) is 0 Å². The molecule has 0 fully saturated rings. The predicted octanol–water partition coefficient (Wildman–Crippen LogP) is 0.663. The minimum absolute atomic E-state index is 0.143. The number of H-pyrrole nitrogens is 1. The summed E-state index contributed by atoms with van der Waals surface area (Å²) in [6.45, 7) is 0. The Labute approximate surface area is 70.4 Å². The van der Waals surface area contributed by atoms with Crippen LogP contribution in [0, 0.1) is 3.57 Å². The Kier molecular flexibility index (Phi) is 2.12. The van der Waals surface area contributed by atoms with Gasteiger partial charge in [-0.3, -0.25) is 4.79 Å². The van der Waals surface area contributed by atoms with Gasteiger partial charge < -0.3 is 4.98 Å². The monoisotopic (exact) mass is 254 g/mol. The lowest BCUT2D eigenvalue weighted by atomic mass is 10.7. The van der Waals surface area contributed by atoms with Gasteiger partial charge in [0, 0.05) is 0 Å². The first kappa shape index (κ1) is 7.07. The van der Waals surface area contributed by atoms with Crippen LogP contribution in [-0.4, -0.2) is 9.97 Å². The largest absolute Gasteiger partial charge is 0.312 e. The molecule has 0 radical (unpaired) electrons. The van der Waals surface area contributed by atoms with Gasteiger partial charge in [-0.2, -0.15) is 0 Å². The van der Waals surface area contributed by atoms with Gasteiger partial charge in [0.2, 0.25) is 0 Å². The zero-order valence-electron chi connectivity index (χ0n) is 4.26. The average molecular weight is 254 g/mol. The Hall–Kier alpha value is -0.0400. The van der Waals surface area contributed by atoms with Crippen molar-refractivity contribution in [1.29, 1.82) is 0 Å². The first-order chi connectivity index (χ1) is 4.22. The molecule has 0 bridgehead atoms. The van der Waals surface area contributed by atoms with Crippen molar-refractivity contribution in [2.45, 2.75) is 5.03 Å². The highest BCUT2D eigenvalue weighted by Gasteiger charge is 1.97. The van der Waals surface area contributed by atoms with E-state index in [1.54, 1.807) is 0 Å². The molecule has 1 aromatic heterocycles. The van der Waals surface area contributed by atoms with E-state index in [9.17, 15) is 4.79 Å². The Morgan fingerprint density at radius 2 is 2.44 bits per heavy atom. The van der Waals surface area contributed by atoms with Crippen molar-refractivity contribution in [3.63, 3.8) is 0 Å². The van der Waals surface area contributed by atoms with E-state index in [0.29, 0.717) is 8.60 Å². The fourth-order valence-corrected chi connectivity index (χ4v) is 0.828. The van der Waals surface area contributed by atoms with Crippen molar-refractivity contribution in [3.8, 4) is 0 Å². The zero-order chi connectivity index (χ0) is 6.85. The predicted molar refractivity (Wildman–Crippen MR) is 44.8 cm³/mol. The molecule has 0 amide bonds. The van der Waals surface area contributed by atoms with Gasteiger partial charge in [0.15, 0.2) is 0 Å². The van der Waals surface area contributed by atoms with Crippen LogP contribution in [0.15, 0.2) is 16.1 Å². The molecule has 3 nitrogen and oxygen atoms in total. The lowest BCUT2D eigenvalue weighted by Gasteiger charge is -1.89. The summed E-state index contributed by atoms with van der Waals surface area (Å²) in [4.78, 5) is 16.8. The van der Waals surface area contributed by atoms with E-state index in [4.69, 9.17) is 0 Å². The second-order valence-electron chi connectivity index (χ2n) is 1.37. The number of hydrogen-bond acceptors (Lipinski definition) is 3. The van der Waals surface area contributed by atoms with Crippen molar-refractivity contribution in [2.24, 2.45) is 0 Å². The first-order valence-electron chi connectivity index (χ1n) is 2.14. The third-order valence-corrected chi connectivity index (χ3v) is 2.54. The van der Waals surface area contributed by atoms with Gasteiger partial charge >= 0.3 is 0 Å². The van der Waals surface area contributed by atoms with Gasteiger partial charge in [-0.1, -0.05) is 0 Å². The topological polar surface area (TPSA) is 45.8 Å². The summed E-state index contributed by atoms with van der Waals surface area (Å²) in [7, 11) is 0. The van der Waals surface area contributed by atoms with E-state index in [0.717, 1.165) is 0 Å². The second-order valence-corrected chi connectivity index (χ2v) is 2.87. The lowest BCUT2D eigenvalue weighted by Crippen LogP contribution is -2.09. The lowest BCUT2D eigenvalue weighted by molar-refractivity contribution is 0.993. The van der Waals surface area contributed by atoms with Gasteiger partial charge in [0.1, 0.15) is 8.60 Å². The molecular weight excluding hydrogens is 251 g/mol. The number of nitrogens with one attached hydrogen (secondary N) is 1. The SMILES string of the molecule is O=c1[nH]cnc(S)c1I. The molecule has 0 spiro atoms. The minimum atomic E-state index is -0.143. The molecule has 0 saturated heterocycles. The molecule has 0 saturated carbocycles. The summed E-state index contributed by atoms with van der Waals surface area (Å²) < 4.78 is 0.526. The summed E-state index contributed by atoms with van der Waals surface area (Å²) in [5.74, 6) is 0. The normalized spacial score (nSPS) is 9.56. The maximum absolute atomic E-state index is 10.7. The molecule has 0 unspecified atom stereocenters. The van der Waals surface area contributed by atoms with E-state index >= 15 is 0 Å². The molecule has 0 aliphatic rings. The summed E-state index contributed by atoms with van der Waals surface area (Å²) in [5, 5.41) is 0.472. The van der Waals surface area contributed by atoms with Crippen molar-refractivity contribution in [1.82, 2.24) is 9.97 Å². The molecule has 48 valence electrons. The average Bonchev–Trinajstić information content (AvgIpc) is 1.83. The Balaban J connectivity index is 3.43. The number of thiol groups is 1. The Morgan fingerprint density at radius 1 is 1.78 bits per heavy atom. The number of rotatable bonds is 0. The van der Waals surface area contributed by atoms with E-state index in [1.807, 2.05) is 22.6 Å². The van der Waals surface area contributed by atoms with Crippen LogP contribution >= 0.6 is 35.2 Å². The highest BCUT2D eigenvalue weighted by atomic mass is 127. The van der Waals surface area contributed by atoms with Gasteiger partial charge in [0.25, 0.3) is 5.56 Å². The van der Waals surface area contributed by atoms with Gasteiger partial charge in [-0.15, -0.1) is 12.6 Å². The van der Waals surface area contributed by atoms with Crippen LogP contribution in [-0.2, 0) is 0 Å². The minimum Gasteiger partial charge on any atom is -0.312 e. The van der Waals surface area contributed by atoms with Gasteiger partial charge in [0.05, 0.1) is 6.33 Å². The summed E-state index contributed by atoms with van der Waals surface area (Å²) >= 11 is 5.82. The zero-order valence-corrected chi connectivity index (χ0v) is 7.31. The Morgan fingerprint density at radius 3 is 2.89 bits per heavy atom. The van der Waals surface area contributed by atoms with E-state index in [2.05, 4.69) is 22.6 Å². The number of nitrogens with zero attached hydrogens (tertiary/aromatic N) is 1. The van der Waals surface area contributed by atoms with E-state index in [1.165, 1.54) is 6.33 Å². The van der Waals surface area contributed by atoms with Crippen LogP contribution in [0.1, 0.15) is 0 Å². The maximum Gasteiger partial charge on any atom is 0.265 e. The second kappa shape index (κ2) is 2.70. The van der Waals surface area contributed by atoms with Crippen molar-refractivity contribution in [2.75, 3.05) is 0 Å². The molecule has 1 N–H and O–H groups in total. The van der Waals surface area contributed by atoms with Gasteiger partial charge in [-0.05, 0) is 22.6 Å². The van der Waals surface area contributed by atoms with Crippen LogP contribution < -0.4 is 5.56 Å². The van der Waals surface area contributed by atoms with Crippen molar-refractivity contribution in [3.05, 3.63) is 20.3 Å². The third kappa shape index (κ3) is 1.45. The molecule has 1 heterocycles. The van der Waals surface area contributed by atoms with Crippen LogP contribution in [0.3, 0.4) is 0 Å². The fraction of sp³-hybridized carbons (Fsp3) is 0. The highest BCUT2D eigenvalue weighted by molar-refractivity contribution is 14.1. The maximum atomic E-state index is 10.7. The Bertz CT molecular complexity index is 272. The smallest absolute Gasteiger partial charge is 0.265 e. The summed E-state index contributed by atoms with van der Waals surface area (Å²) in [5.41, 5.74) is -0.143. The molecule has 0 aliphatic carbocycles. The molecule has 5 heteroatoms. The molecule has 0 atom stereocenters. The molecule has 0 aromatic carbocycles. The van der Waals surface area contributed by atoms with E-state index < -0.39 is 0 Å². The summed E-state index contributed by atoms with van der Waals surface area (Å²) in [6.07, 6.45) is 1.33. The number of aromatic nitrogens is 2. The standard InChI is InChI=1S/C4H3IN2OS/c5-2-3(8)6-1-7-4(2)9/h1H,(H2,6,7,8,9). The highest BCUT2D eigenvalue weighted by Crippen LogP contribution is 2.05. The molecule has 0 aliphatic heterocycles. The summed E-state index contributed by atoms with van der Waals surface area (Å²) in [6, 6.07) is 0. The third-order valence-electron chi connectivity index (χ3n) is 0.778.